The summed E-state index contributed by atoms with van der Waals surface area (Å²) >= 11 is 1.69. The molecule has 2 heterocycles. The fraction of sp³-hybridized carbons (Fsp3) is 0.353. The maximum atomic E-state index is 12.5. The van der Waals surface area contributed by atoms with Gasteiger partial charge in [-0.05, 0) is 23.8 Å². The van der Waals surface area contributed by atoms with Gasteiger partial charge < -0.3 is 10.2 Å². The van der Waals surface area contributed by atoms with Crippen LogP contribution >= 0.6 is 11.8 Å². The minimum absolute atomic E-state index is 0.122. The van der Waals surface area contributed by atoms with Crippen molar-refractivity contribution in [2.75, 3.05) is 18.1 Å². The molecule has 1 fully saturated rings. The Labute approximate surface area is 144 Å². The first-order chi connectivity index (χ1) is 11.6. The van der Waals surface area contributed by atoms with E-state index in [1.54, 1.807) is 16.7 Å². The Bertz CT molecular complexity index is 786. The third kappa shape index (κ3) is 3.31. The normalized spacial score (nSPS) is 17.7. The Hall–Kier alpha value is -2.28. The zero-order valence-electron chi connectivity index (χ0n) is 13.6. The Morgan fingerprint density at radius 3 is 3.12 bits per heavy atom. The number of thioether (sulfide) groups is 1. The van der Waals surface area contributed by atoms with Crippen molar-refractivity contribution in [1.82, 2.24) is 20.0 Å². The number of aryl methyl sites for hydroxylation is 1. The highest BCUT2D eigenvalue weighted by Crippen LogP contribution is 2.18. The third-order valence-electron chi connectivity index (χ3n) is 4.17. The number of nitrogens with one attached hydrogen (secondary N) is 1. The van der Waals surface area contributed by atoms with Gasteiger partial charge in [-0.1, -0.05) is 12.6 Å². The van der Waals surface area contributed by atoms with Gasteiger partial charge in [0.15, 0.2) is 0 Å². The smallest absolute Gasteiger partial charge is 0.246 e. The van der Waals surface area contributed by atoms with Crippen LogP contribution in [0.5, 0.6) is 0 Å². The zero-order chi connectivity index (χ0) is 17.1. The van der Waals surface area contributed by atoms with Crippen molar-refractivity contribution in [3.8, 4) is 0 Å². The van der Waals surface area contributed by atoms with E-state index in [-0.39, 0.29) is 11.8 Å². The van der Waals surface area contributed by atoms with Gasteiger partial charge in [0, 0.05) is 37.0 Å². The molecule has 1 aromatic heterocycles. The highest BCUT2D eigenvalue weighted by molar-refractivity contribution is 7.99. The molecular weight excluding hydrogens is 324 g/mol. The van der Waals surface area contributed by atoms with Crippen LogP contribution in [0.2, 0.25) is 0 Å². The predicted molar refractivity (Wildman–Crippen MR) is 95.6 cm³/mol. The van der Waals surface area contributed by atoms with Gasteiger partial charge in [0.1, 0.15) is 6.04 Å². The van der Waals surface area contributed by atoms with E-state index in [0.717, 1.165) is 22.2 Å². The largest absolute Gasteiger partial charge is 0.350 e. The van der Waals surface area contributed by atoms with Crippen LogP contribution in [0.4, 0.5) is 0 Å². The number of hydrogen-bond donors (Lipinski definition) is 1. The van der Waals surface area contributed by atoms with E-state index in [1.807, 2.05) is 36.1 Å². The monoisotopic (exact) mass is 344 g/mol. The van der Waals surface area contributed by atoms with Crippen molar-refractivity contribution < 1.29 is 9.59 Å². The molecule has 0 radical (unpaired) electrons. The summed E-state index contributed by atoms with van der Waals surface area (Å²) in [6.45, 7) is 4.53. The molecule has 1 saturated heterocycles. The lowest BCUT2D eigenvalue weighted by Gasteiger charge is -2.33. The minimum atomic E-state index is -0.434. The van der Waals surface area contributed by atoms with Crippen molar-refractivity contribution in [3.05, 3.63) is 42.6 Å². The Kier molecular flexibility index (Phi) is 4.89. The number of hydrogen-bond acceptors (Lipinski definition) is 4. The molecule has 6 nitrogen and oxygen atoms in total. The number of amides is 2. The van der Waals surface area contributed by atoms with Crippen molar-refractivity contribution in [2.45, 2.75) is 12.6 Å². The minimum Gasteiger partial charge on any atom is -0.350 e. The Morgan fingerprint density at radius 1 is 1.50 bits per heavy atom. The maximum absolute atomic E-state index is 12.5. The van der Waals surface area contributed by atoms with Crippen LogP contribution in [0.1, 0.15) is 5.56 Å². The summed E-state index contributed by atoms with van der Waals surface area (Å²) in [6.07, 6.45) is 3.08. The van der Waals surface area contributed by atoms with Gasteiger partial charge in [-0.2, -0.15) is 16.9 Å². The SMILES string of the molecule is C=CC(=O)N1CCSCC1C(=O)NCc1ccc2c(cnn2C)c1. The van der Waals surface area contributed by atoms with Crippen molar-refractivity contribution in [3.63, 3.8) is 0 Å². The molecule has 0 aliphatic carbocycles. The average Bonchev–Trinajstić information content (AvgIpc) is 2.99. The Balaban J connectivity index is 1.66. The maximum Gasteiger partial charge on any atom is 0.246 e. The van der Waals surface area contributed by atoms with E-state index in [0.29, 0.717) is 18.8 Å². The van der Waals surface area contributed by atoms with E-state index in [1.165, 1.54) is 6.08 Å². The summed E-state index contributed by atoms with van der Waals surface area (Å²) in [6, 6.07) is 5.56. The predicted octanol–water partition coefficient (Wildman–Crippen LogP) is 1.32. The summed E-state index contributed by atoms with van der Waals surface area (Å²) in [5.74, 6) is 1.16. The van der Waals surface area contributed by atoms with Gasteiger partial charge in [-0.3, -0.25) is 14.3 Å². The number of benzene rings is 1. The second-order valence-electron chi connectivity index (χ2n) is 5.71. The van der Waals surface area contributed by atoms with Gasteiger partial charge in [0.25, 0.3) is 0 Å². The van der Waals surface area contributed by atoms with Gasteiger partial charge in [-0.15, -0.1) is 0 Å². The van der Waals surface area contributed by atoms with Gasteiger partial charge >= 0.3 is 0 Å². The fourth-order valence-electron chi connectivity index (χ4n) is 2.83. The van der Waals surface area contributed by atoms with Gasteiger partial charge in [0.2, 0.25) is 11.8 Å². The molecule has 1 aromatic carbocycles. The number of carbonyl (C=O) groups excluding carboxylic acids is 2. The molecule has 24 heavy (non-hydrogen) atoms. The highest BCUT2D eigenvalue weighted by Gasteiger charge is 2.31. The molecule has 0 bridgehead atoms. The van der Waals surface area contributed by atoms with Crippen molar-refractivity contribution >= 4 is 34.5 Å². The zero-order valence-corrected chi connectivity index (χ0v) is 14.4. The van der Waals surface area contributed by atoms with Crippen LogP contribution in [0.3, 0.4) is 0 Å². The summed E-state index contributed by atoms with van der Waals surface area (Å²) in [7, 11) is 1.90. The fourth-order valence-corrected chi connectivity index (χ4v) is 3.88. The summed E-state index contributed by atoms with van der Waals surface area (Å²) in [5, 5.41) is 8.20. The molecule has 0 spiro atoms. The first-order valence-corrected chi connectivity index (χ1v) is 8.95. The lowest BCUT2D eigenvalue weighted by Crippen LogP contribution is -2.53. The molecule has 0 saturated carbocycles. The molecular formula is C17H20N4O2S. The Morgan fingerprint density at radius 2 is 2.33 bits per heavy atom. The molecule has 1 atom stereocenters. The van der Waals surface area contributed by atoms with Gasteiger partial charge in [0.05, 0.1) is 11.7 Å². The van der Waals surface area contributed by atoms with Crippen LogP contribution < -0.4 is 5.32 Å². The first-order valence-electron chi connectivity index (χ1n) is 7.79. The average molecular weight is 344 g/mol. The highest BCUT2D eigenvalue weighted by atomic mass is 32.2. The summed E-state index contributed by atoms with van der Waals surface area (Å²) < 4.78 is 1.82. The van der Waals surface area contributed by atoms with E-state index < -0.39 is 6.04 Å². The van der Waals surface area contributed by atoms with Crippen LogP contribution in [0.15, 0.2) is 37.1 Å². The van der Waals surface area contributed by atoms with Crippen LogP contribution in [0.25, 0.3) is 10.9 Å². The molecule has 126 valence electrons. The van der Waals surface area contributed by atoms with Crippen molar-refractivity contribution in [1.29, 1.82) is 0 Å². The molecule has 1 unspecified atom stereocenters. The topological polar surface area (TPSA) is 67.2 Å². The second-order valence-corrected chi connectivity index (χ2v) is 6.86. The van der Waals surface area contributed by atoms with Crippen molar-refractivity contribution in [2.24, 2.45) is 7.05 Å². The van der Waals surface area contributed by atoms with Crippen LogP contribution in [-0.2, 0) is 23.2 Å². The number of aromatic nitrogens is 2. The molecule has 1 aliphatic heterocycles. The molecule has 1 aliphatic rings. The summed E-state index contributed by atoms with van der Waals surface area (Å²) in [5.41, 5.74) is 2.06. The second kappa shape index (κ2) is 7.09. The molecule has 2 amide bonds. The number of fused-ring (bicyclic) bond motifs is 1. The quantitative estimate of drug-likeness (QED) is 0.850. The van der Waals surface area contributed by atoms with Crippen LogP contribution in [0, 0.1) is 0 Å². The summed E-state index contributed by atoms with van der Waals surface area (Å²) in [4.78, 5) is 26.0. The standard InChI is InChI=1S/C17H20N4O2S/c1-3-16(22)21-6-7-24-11-15(21)17(23)18-9-12-4-5-14-13(8-12)10-19-20(14)2/h3-5,8,10,15H,1,6-7,9,11H2,2H3,(H,18,23). The number of carbonyl (C=O) groups is 2. The number of nitrogens with zero attached hydrogens (tertiary/aromatic N) is 3. The first kappa shape index (κ1) is 16.6. The van der Waals surface area contributed by atoms with E-state index in [9.17, 15) is 9.59 Å². The third-order valence-corrected chi connectivity index (χ3v) is 5.19. The molecule has 2 aromatic rings. The lowest BCUT2D eigenvalue weighted by atomic mass is 10.1. The van der Waals surface area contributed by atoms with Gasteiger partial charge in [-0.25, -0.2) is 0 Å². The van der Waals surface area contributed by atoms with E-state index in [4.69, 9.17) is 0 Å². The number of rotatable bonds is 4. The van der Waals surface area contributed by atoms with Crippen LogP contribution in [-0.4, -0.2) is 50.6 Å². The lowest BCUT2D eigenvalue weighted by molar-refractivity contribution is -0.136. The molecule has 3 rings (SSSR count). The molecule has 7 heteroatoms. The van der Waals surface area contributed by atoms with E-state index >= 15 is 0 Å². The molecule has 1 N–H and O–H groups in total. The van der Waals surface area contributed by atoms with E-state index in [2.05, 4.69) is 17.0 Å².